The van der Waals surface area contributed by atoms with Crippen LogP contribution in [0.25, 0.3) is 0 Å². The van der Waals surface area contributed by atoms with Gasteiger partial charge >= 0.3 is 0 Å². The van der Waals surface area contributed by atoms with E-state index in [1.807, 2.05) is 0 Å². The second-order valence-corrected chi connectivity index (χ2v) is 5.18. The largest absolute Gasteiger partial charge is 0.325 e. The molecule has 0 spiro atoms. The smallest absolute Gasteiger partial charge is 0.241 e. The molecule has 1 aliphatic heterocycles. The lowest BCUT2D eigenvalue weighted by molar-refractivity contribution is -0.117. The van der Waals surface area contributed by atoms with E-state index in [0.29, 0.717) is 10.6 Å². The Balaban J connectivity index is 2.05. The van der Waals surface area contributed by atoms with Crippen LogP contribution in [0.1, 0.15) is 12.8 Å². The monoisotopic (exact) mass is 254 g/mol. The minimum atomic E-state index is -1.86. The van der Waals surface area contributed by atoms with E-state index in [1.54, 1.807) is 24.3 Å². The third-order valence-electron chi connectivity index (χ3n) is 2.74. The van der Waals surface area contributed by atoms with Gasteiger partial charge in [0.25, 0.3) is 0 Å². The van der Waals surface area contributed by atoms with Gasteiger partial charge in [-0.15, -0.1) is 5.14 Å². The zero-order chi connectivity index (χ0) is 12.3. The summed E-state index contributed by atoms with van der Waals surface area (Å²) in [5.41, 5.74) is 0.634. The highest BCUT2D eigenvalue weighted by atomic mass is 32.2. The van der Waals surface area contributed by atoms with Crippen LogP contribution in [-0.2, 0) is 20.0 Å². The van der Waals surface area contributed by atoms with Crippen LogP contribution in [0.4, 0.5) is 5.69 Å². The second-order valence-electron chi connectivity index (χ2n) is 4.01. The zero-order valence-electron chi connectivity index (χ0n) is 9.35. The Bertz CT molecular complexity index is 444. The molecule has 5 nitrogen and oxygen atoms in total. The van der Waals surface area contributed by atoms with Gasteiger partial charge in [0.05, 0.1) is 6.04 Å². The number of rotatable bonds is 3. The van der Waals surface area contributed by atoms with Gasteiger partial charge in [0.15, 0.2) is 15.9 Å². The first kappa shape index (κ1) is 12.2. The number of anilines is 1. The third kappa shape index (κ3) is 3.12. The molecule has 2 atom stereocenters. The topological polar surface area (TPSA) is 84.2 Å². The van der Waals surface area contributed by atoms with Crippen molar-refractivity contribution < 1.29 is 9.00 Å². The molecule has 1 aromatic rings. The highest BCUT2D eigenvalue weighted by Crippen LogP contribution is 2.14. The second kappa shape index (κ2) is 5.39. The van der Waals surface area contributed by atoms with Gasteiger partial charge in [-0.1, -0.05) is 10.3 Å². The molecule has 1 aliphatic rings. The van der Waals surface area contributed by atoms with Crippen LogP contribution in [0.2, 0.25) is 0 Å². The number of nitrogens with two attached hydrogens (primary N) is 1. The van der Waals surface area contributed by atoms with Gasteiger partial charge in [0, 0.05) is 11.8 Å². The zero-order valence-corrected chi connectivity index (χ0v) is 10.2. The fourth-order valence-corrected chi connectivity index (χ4v) is 2.36. The van der Waals surface area contributed by atoms with Crippen molar-refractivity contribution >= 4 is 22.6 Å². The molecule has 1 saturated heterocycles. The van der Waals surface area contributed by atoms with Crippen molar-refractivity contribution in [2.75, 3.05) is 11.9 Å². The average molecular weight is 254 g/mol. The molecule has 4 N–H and O–H groups in total. The fraction of sp³-hybridized carbons (Fsp3) is 0.364. The molecule has 0 aliphatic carbocycles. The van der Waals surface area contributed by atoms with E-state index < -0.39 is 11.0 Å². The molecule has 1 unspecified atom stereocenters. The molecule has 1 aromatic carbocycles. The number of amides is 1. The SMILES string of the molecule is N[SH+](=O)c1cccc(NC(=O)[C@@H]2CCCN2)c1. The van der Waals surface area contributed by atoms with E-state index in [0.717, 1.165) is 19.4 Å². The molecule has 1 amide bonds. The van der Waals surface area contributed by atoms with Gasteiger partial charge in [0.1, 0.15) is 0 Å². The van der Waals surface area contributed by atoms with Crippen molar-refractivity contribution in [1.29, 1.82) is 0 Å². The van der Waals surface area contributed by atoms with Gasteiger partial charge in [0.2, 0.25) is 5.91 Å². The lowest BCUT2D eigenvalue weighted by Gasteiger charge is -2.10. The number of thiol groups is 1. The predicted octanol–water partition coefficient (Wildman–Crippen LogP) is 0.306. The molecule has 1 heterocycles. The van der Waals surface area contributed by atoms with E-state index in [2.05, 4.69) is 10.6 Å². The van der Waals surface area contributed by atoms with Crippen LogP contribution in [0.3, 0.4) is 0 Å². The number of nitrogens with one attached hydrogen (secondary N) is 2. The van der Waals surface area contributed by atoms with Crippen molar-refractivity contribution in [3.8, 4) is 0 Å². The molecular weight excluding hydrogens is 238 g/mol. The van der Waals surface area contributed by atoms with Gasteiger partial charge in [-0.2, -0.15) is 0 Å². The molecule has 0 saturated carbocycles. The highest BCUT2D eigenvalue weighted by Gasteiger charge is 2.22. The van der Waals surface area contributed by atoms with Crippen molar-refractivity contribution in [2.45, 2.75) is 23.8 Å². The number of benzene rings is 1. The summed E-state index contributed by atoms with van der Waals surface area (Å²) in [7, 11) is -1.86. The van der Waals surface area contributed by atoms with Crippen molar-refractivity contribution in [3.05, 3.63) is 24.3 Å². The van der Waals surface area contributed by atoms with E-state index in [9.17, 15) is 9.00 Å². The van der Waals surface area contributed by atoms with Gasteiger partial charge in [-0.3, -0.25) is 4.79 Å². The Labute approximate surface area is 102 Å². The predicted molar refractivity (Wildman–Crippen MR) is 68.0 cm³/mol. The minimum Gasteiger partial charge on any atom is -0.325 e. The van der Waals surface area contributed by atoms with Crippen LogP contribution < -0.4 is 15.8 Å². The molecule has 0 aromatic heterocycles. The number of carbonyl (C=O) groups excluding carboxylic acids is 1. The van der Waals surface area contributed by atoms with Gasteiger partial charge in [-0.05, 0) is 31.5 Å². The highest BCUT2D eigenvalue weighted by molar-refractivity contribution is 7.82. The first-order valence-electron chi connectivity index (χ1n) is 5.53. The van der Waals surface area contributed by atoms with Crippen LogP contribution in [-0.4, -0.2) is 18.5 Å². The summed E-state index contributed by atoms with van der Waals surface area (Å²) in [6.45, 7) is 0.882. The Hall–Kier alpha value is -1.24. The minimum absolute atomic E-state index is 0.0492. The summed E-state index contributed by atoms with van der Waals surface area (Å²) in [6, 6.07) is 6.70. The summed E-state index contributed by atoms with van der Waals surface area (Å²) in [5.74, 6) is -0.0492. The van der Waals surface area contributed by atoms with Crippen molar-refractivity contribution in [1.82, 2.24) is 5.32 Å². The molecule has 2 rings (SSSR count). The molecule has 92 valence electrons. The normalized spacial score (nSPS) is 21.1. The van der Waals surface area contributed by atoms with Crippen molar-refractivity contribution in [2.24, 2.45) is 5.14 Å². The van der Waals surface area contributed by atoms with Crippen LogP contribution >= 0.6 is 0 Å². The Kier molecular flexibility index (Phi) is 3.88. The quantitative estimate of drug-likeness (QED) is 0.536. The lowest BCUT2D eigenvalue weighted by atomic mass is 10.2. The van der Waals surface area contributed by atoms with Crippen LogP contribution in [0.5, 0.6) is 0 Å². The maximum absolute atomic E-state index is 11.8. The van der Waals surface area contributed by atoms with Crippen LogP contribution in [0.15, 0.2) is 29.2 Å². The maximum Gasteiger partial charge on any atom is 0.241 e. The Morgan fingerprint density at radius 3 is 3.00 bits per heavy atom. The summed E-state index contributed by atoms with van der Waals surface area (Å²) in [6.07, 6.45) is 1.88. The first-order chi connectivity index (χ1) is 8.16. The number of carbonyl (C=O) groups is 1. The summed E-state index contributed by atoms with van der Waals surface area (Å²) in [4.78, 5) is 12.4. The standard InChI is InChI=1S/C11H15N3O2S/c12-17(16)9-4-1-3-8(7-9)14-11(15)10-5-2-6-13-10/h1,3-4,7,10,13H,2,5-6H2,(H2,12,16)(H,14,15)/p+1/t10-,17?/m0/s1. The lowest BCUT2D eigenvalue weighted by Crippen LogP contribution is -2.35. The maximum atomic E-state index is 11.8. The van der Waals surface area contributed by atoms with E-state index in [-0.39, 0.29) is 11.9 Å². The fourth-order valence-electron chi connectivity index (χ4n) is 1.86. The average Bonchev–Trinajstić information content (AvgIpc) is 2.82. The molecule has 17 heavy (non-hydrogen) atoms. The van der Waals surface area contributed by atoms with E-state index >= 15 is 0 Å². The van der Waals surface area contributed by atoms with E-state index in [4.69, 9.17) is 5.14 Å². The van der Waals surface area contributed by atoms with Crippen LogP contribution in [0, 0.1) is 0 Å². The summed E-state index contributed by atoms with van der Waals surface area (Å²) >= 11 is 0. The Morgan fingerprint density at radius 2 is 2.35 bits per heavy atom. The molecule has 6 heteroatoms. The number of hydrogen-bond donors (Lipinski definition) is 3. The molecule has 1 fully saturated rings. The third-order valence-corrected chi connectivity index (χ3v) is 3.53. The summed E-state index contributed by atoms with van der Waals surface area (Å²) in [5, 5.41) is 11.2. The molecule has 0 radical (unpaired) electrons. The van der Waals surface area contributed by atoms with Crippen molar-refractivity contribution in [3.63, 3.8) is 0 Å². The number of hydrogen-bond acceptors (Lipinski definition) is 3. The van der Waals surface area contributed by atoms with Gasteiger partial charge < -0.3 is 10.6 Å². The molecular formula is C11H16N3O2S+. The molecule has 0 bridgehead atoms. The first-order valence-corrected chi connectivity index (χ1v) is 6.86. The van der Waals surface area contributed by atoms with E-state index in [1.165, 1.54) is 0 Å². The Morgan fingerprint density at radius 1 is 1.53 bits per heavy atom. The van der Waals surface area contributed by atoms with Gasteiger partial charge in [-0.25, -0.2) is 0 Å². The summed E-state index contributed by atoms with van der Waals surface area (Å²) < 4.78 is 11.1.